The molecule has 0 atom stereocenters. The van der Waals surface area contributed by atoms with Crippen molar-refractivity contribution in [3.8, 4) is 6.07 Å². The number of primary amides is 1. The number of hydrogen-bond acceptors (Lipinski definition) is 5. The van der Waals surface area contributed by atoms with Crippen molar-refractivity contribution in [1.29, 1.82) is 5.26 Å². The summed E-state index contributed by atoms with van der Waals surface area (Å²) in [5.41, 5.74) is 6.80. The standard InChI is InChI=1S/C10H9N5O3/c11-6-8-3-1-2-7(9(8)15(17)18)4-5-13-14-10(12)16/h1-3,5H,4H2,(H3,12,14,16)/b13-5+. The van der Waals surface area contributed by atoms with Gasteiger partial charge in [-0.15, -0.1) is 0 Å². The molecule has 92 valence electrons. The Bertz CT molecular complexity index is 547. The van der Waals surface area contributed by atoms with Crippen molar-refractivity contribution >= 4 is 17.9 Å². The first kappa shape index (κ1) is 13.1. The van der Waals surface area contributed by atoms with Gasteiger partial charge in [0.25, 0.3) is 5.69 Å². The van der Waals surface area contributed by atoms with Gasteiger partial charge in [0.2, 0.25) is 0 Å². The molecule has 0 radical (unpaired) electrons. The zero-order valence-corrected chi connectivity index (χ0v) is 9.16. The number of benzene rings is 1. The first-order valence-electron chi connectivity index (χ1n) is 4.79. The number of hydrogen-bond donors (Lipinski definition) is 2. The third kappa shape index (κ3) is 3.28. The van der Waals surface area contributed by atoms with Crippen LogP contribution in [-0.2, 0) is 6.42 Å². The van der Waals surface area contributed by atoms with Gasteiger partial charge < -0.3 is 5.73 Å². The molecular weight excluding hydrogens is 238 g/mol. The van der Waals surface area contributed by atoms with Crippen LogP contribution in [0.5, 0.6) is 0 Å². The van der Waals surface area contributed by atoms with Gasteiger partial charge >= 0.3 is 6.03 Å². The highest BCUT2D eigenvalue weighted by molar-refractivity contribution is 5.73. The molecule has 0 aliphatic heterocycles. The van der Waals surface area contributed by atoms with E-state index < -0.39 is 11.0 Å². The van der Waals surface area contributed by atoms with E-state index in [1.807, 2.05) is 5.43 Å². The molecule has 0 spiro atoms. The Hall–Kier alpha value is -2.95. The number of nitrogens with zero attached hydrogens (tertiary/aromatic N) is 3. The Kier molecular flexibility index (Phi) is 4.34. The van der Waals surface area contributed by atoms with E-state index in [1.165, 1.54) is 24.4 Å². The molecule has 1 aromatic rings. The summed E-state index contributed by atoms with van der Waals surface area (Å²) in [4.78, 5) is 20.6. The van der Waals surface area contributed by atoms with Crippen LogP contribution < -0.4 is 11.2 Å². The minimum atomic E-state index is -0.827. The molecule has 0 aliphatic rings. The molecule has 3 N–H and O–H groups in total. The maximum Gasteiger partial charge on any atom is 0.332 e. The van der Waals surface area contributed by atoms with Crippen LogP contribution >= 0.6 is 0 Å². The number of nitrogens with one attached hydrogen (secondary N) is 1. The van der Waals surface area contributed by atoms with Crippen molar-refractivity contribution in [2.24, 2.45) is 10.8 Å². The van der Waals surface area contributed by atoms with Gasteiger partial charge in [-0.1, -0.05) is 12.1 Å². The van der Waals surface area contributed by atoms with E-state index in [2.05, 4.69) is 5.10 Å². The van der Waals surface area contributed by atoms with Crippen molar-refractivity contribution in [3.63, 3.8) is 0 Å². The van der Waals surface area contributed by atoms with Gasteiger partial charge in [-0.3, -0.25) is 10.1 Å². The minimum absolute atomic E-state index is 0.0197. The monoisotopic (exact) mass is 247 g/mol. The van der Waals surface area contributed by atoms with Crippen LogP contribution in [0.4, 0.5) is 10.5 Å². The topological polar surface area (TPSA) is 134 Å². The van der Waals surface area contributed by atoms with E-state index in [-0.39, 0.29) is 17.7 Å². The van der Waals surface area contributed by atoms with Gasteiger partial charge in [0.15, 0.2) is 0 Å². The quantitative estimate of drug-likeness (QED) is 0.459. The van der Waals surface area contributed by atoms with Gasteiger partial charge in [0, 0.05) is 18.2 Å². The van der Waals surface area contributed by atoms with Crippen LogP contribution in [0.2, 0.25) is 0 Å². The predicted octanol–water partition coefficient (Wildman–Crippen LogP) is 0.663. The second kappa shape index (κ2) is 5.95. The summed E-state index contributed by atoms with van der Waals surface area (Å²) >= 11 is 0. The third-order valence-corrected chi connectivity index (χ3v) is 2.00. The van der Waals surface area contributed by atoms with Crippen molar-refractivity contribution in [1.82, 2.24) is 5.43 Å². The van der Waals surface area contributed by atoms with Gasteiger partial charge in [0.05, 0.1) is 4.92 Å². The fourth-order valence-corrected chi connectivity index (χ4v) is 1.32. The van der Waals surface area contributed by atoms with Crippen molar-refractivity contribution in [2.45, 2.75) is 6.42 Å². The second-order valence-corrected chi connectivity index (χ2v) is 3.17. The molecule has 0 aliphatic carbocycles. The summed E-state index contributed by atoms with van der Waals surface area (Å²) in [6.07, 6.45) is 1.36. The maximum atomic E-state index is 10.9. The first-order chi connectivity index (χ1) is 8.56. The zero-order valence-electron chi connectivity index (χ0n) is 9.16. The fraction of sp³-hybridized carbons (Fsp3) is 0.100. The number of carbonyl (C=O) groups excluding carboxylic acids is 1. The number of nitriles is 1. The lowest BCUT2D eigenvalue weighted by atomic mass is 10.1. The third-order valence-electron chi connectivity index (χ3n) is 2.00. The van der Waals surface area contributed by atoms with Gasteiger partial charge in [-0.25, -0.2) is 10.2 Å². The summed E-state index contributed by atoms with van der Waals surface area (Å²) < 4.78 is 0. The Morgan fingerprint density at radius 1 is 1.67 bits per heavy atom. The molecule has 2 amide bonds. The molecule has 0 bridgehead atoms. The van der Waals surface area contributed by atoms with E-state index in [9.17, 15) is 14.9 Å². The molecule has 0 heterocycles. The molecule has 0 fully saturated rings. The summed E-state index contributed by atoms with van der Waals surface area (Å²) in [5.74, 6) is 0. The molecule has 0 saturated heterocycles. The Morgan fingerprint density at radius 3 is 2.94 bits per heavy atom. The van der Waals surface area contributed by atoms with E-state index in [1.54, 1.807) is 6.07 Å². The lowest BCUT2D eigenvalue weighted by Crippen LogP contribution is -2.24. The van der Waals surface area contributed by atoms with Crippen LogP contribution in [0, 0.1) is 21.4 Å². The molecule has 0 aromatic heterocycles. The zero-order chi connectivity index (χ0) is 13.5. The number of nitro benzene ring substituents is 1. The van der Waals surface area contributed by atoms with Gasteiger partial charge in [-0.05, 0) is 6.07 Å². The molecular formula is C10H9N5O3. The molecule has 8 heteroatoms. The lowest BCUT2D eigenvalue weighted by molar-refractivity contribution is -0.385. The molecule has 0 unspecified atom stereocenters. The van der Waals surface area contributed by atoms with Crippen LogP contribution in [0.3, 0.4) is 0 Å². The highest BCUT2D eigenvalue weighted by atomic mass is 16.6. The smallest absolute Gasteiger partial charge is 0.332 e. The highest BCUT2D eigenvalue weighted by Gasteiger charge is 2.18. The Morgan fingerprint density at radius 2 is 2.39 bits per heavy atom. The summed E-state index contributed by atoms with van der Waals surface area (Å²) in [5, 5.41) is 23.1. The number of rotatable bonds is 4. The van der Waals surface area contributed by atoms with Gasteiger partial charge in [-0.2, -0.15) is 10.4 Å². The molecule has 1 aromatic carbocycles. The SMILES string of the molecule is N#Cc1cccc(C/C=N/NC(N)=O)c1[N+](=O)[O-]. The minimum Gasteiger partial charge on any atom is -0.350 e. The molecule has 1 rings (SSSR count). The Labute approximate surface area is 102 Å². The van der Waals surface area contributed by atoms with Gasteiger partial charge in [0.1, 0.15) is 11.6 Å². The van der Waals surface area contributed by atoms with E-state index in [4.69, 9.17) is 11.0 Å². The average Bonchev–Trinajstić information content (AvgIpc) is 2.33. The van der Waals surface area contributed by atoms with Crippen molar-refractivity contribution < 1.29 is 9.72 Å². The lowest BCUT2D eigenvalue weighted by Gasteiger charge is -2.00. The van der Waals surface area contributed by atoms with Crippen LogP contribution in [-0.4, -0.2) is 17.2 Å². The number of amides is 2. The number of urea groups is 1. The number of nitro groups is 1. The molecule has 18 heavy (non-hydrogen) atoms. The summed E-state index contributed by atoms with van der Waals surface area (Å²) in [7, 11) is 0. The normalized spacial score (nSPS) is 9.94. The number of nitrogens with two attached hydrogens (primary N) is 1. The van der Waals surface area contributed by atoms with Crippen molar-refractivity contribution in [3.05, 3.63) is 39.4 Å². The van der Waals surface area contributed by atoms with Crippen molar-refractivity contribution in [2.75, 3.05) is 0 Å². The number of para-hydroxylation sites is 1. The van der Waals surface area contributed by atoms with E-state index in [0.29, 0.717) is 5.56 Å². The average molecular weight is 247 g/mol. The van der Waals surface area contributed by atoms with Crippen LogP contribution in [0.25, 0.3) is 0 Å². The molecule has 0 saturated carbocycles. The largest absolute Gasteiger partial charge is 0.350 e. The number of hydrazone groups is 1. The second-order valence-electron chi connectivity index (χ2n) is 3.17. The highest BCUT2D eigenvalue weighted by Crippen LogP contribution is 2.23. The maximum absolute atomic E-state index is 10.9. The number of carbonyl (C=O) groups is 1. The van der Waals surface area contributed by atoms with E-state index in [0.717, 1.165) is 0 Å². The van der Waals surface area contributed by atoms with E-state index >= 15 is 0 Å². The fourth-order valence-electron chi connectivity index (χ4n) is 1.32. The Balaban J connectivity index is 2.96. The summed E-state index contributed by atoms with van der Waals surface area (Å²) in [6.45, 7) is 0. The predicted molar refractivity (Wildman–Crippen MR) is 62.7 cm³/mol. The summed E-state index contributed by atoms with van der Waals surface area (Å²) in [6, 6.07) is 5.33. The van der Waals surface area contributed by atoms with Crippen LogP contribution in [0.15, 0.2) is 23.3 Å². The molecule has 8 nitrogen and oxygen atoms in total. The van der Waals surface area contributed by atoms with Crippen LogP contribution in [0.1, 0.15) is 11.1 Å². The first-order valence-corrected chi connectivity index (χ1v) is 4.79.